The van der Waals surface area contributed by atoms with E-state index in [0.29, 0.717) is 0 Å². The zero-order valence-corrected chi connectivity index (χ0v) is 18.3. The number of amides is 1. The van der Waals surface area contributed by atoms with Crippen molar-refractivity contribution < 1.29 is 41.0 Å². The number of carbonyl (C=O) groups is 1. The third-order valence-electron chi connectivity index (χ3n) is 4.02. The average Bonchev–Trinajstić information content (AvgIpc) is 2.66. The van der Waals surface area contributed by atoms with E-state index in [1.165, 1.54) is 30.3 Å². The van der Waals surface area contributed by atoms with Crippen molar-refractivity contribution in [2.75, 3.05) is 16.6 Å². The SMILES string of the molecule is CCOc1cc(NC(=O)C(O)C(C)C)ccc1S(=O)(=O)Nc1cccc(OC(F)(F)F)c1. The Kier molecular flexibility index (Phi) is 7.97. The monoisotopic (exact) mass is 476 g/mol. The first-order chi connectivity index (χ1) is 14.8. The highest BCUT2D eigenvalue weighted by Gasteiger charge is 2.31. The molecule has 0 aliphatic carbocycles. The Bertz CT molecular complexity index is 1060. The van der Waals surface area contributed by atoms with Crippen LogP contribution in [0.1, 0.15) is 20.8 Å². The molecule has 1 unspecified atom stereocenters. The van der Waals surface area contributed by atoms with E-state index in [0.717, 1.165) is 12.1 Å². The van der Waals surface area contributed by atoms with Gasteiger partial charge in [0.15, 0.2) is 0 Å². The molecule has 0 aromatic heterocycles. The Balaban J connectivity index is 2.31. The molecule has 0 aliphatic rings. The smallest absolute Gasteiger partial charge is 0.492 e. The Morgan fingerprint density at radius 2 is 1.81 bits per heavy atom. The van der Waals surface area contributed by atoms with Gasteiger partial charge < -0.3 is 19.9 Å². The molecule has 0 saturated heterocycles. The van der Waals surface area contributed by atoms with Crippen LogP contribution in [0.5, 0.6) is 11.5 Å². The van der Waals surface area contributed by atoms with Crippen LogP contribution in [-0.2, 0) is 14.8 Å². The fourth-order valence-electron chi connectivity index (χ4n) is 2.56. The number of hydrogen-bond donors (Lipinski definition) is 3. The van der Waals surface area contributed by atoms with Gasteiger partial charge in [-0.25, -0.2) is 8.42 Å². The number of ether oxygens (including phenoxy) is 2. The predicted molar refractivity (Wildman–Crippen MR) is 111 cm³/mol. The van der Waals surface area contributed by atoms with Gasteiger partial charge in [-0.3, -0.25) is 9.52 Å². The summed E-state index contributed by atoms with van der Waals surface area (Å²) in [5, 5.41) is 12.3. The molecule has 0 radical (unpaired) electrons. The van der Waals surface area contributed by atoms with E-state index >= 15 is 0 Å². The van der Waals surface area contributed by atoms with Crippen LogP contribution in [0.2, 0.25) is 0 Å². The number of anilines is 2. The molecule has 2 aromatic rings. The summed E-state index contributed by atoms with van der Waals surface area (Å²) in [6.45, 7) is 5.04. The Morgan fingerprint density at radius 1 is 1.12 bits per heavy atom. The van der Waals surface area contributed by atoms with Gasteiger partial charge in [0.05, 0.1) is 12.3 Å². The number of aliphatic hydroxyl groups excluding tert-OH is 1. The summed E-state index contributed by atoms with van der Waals surface area (Å²) in [4.78, 5) is 11.8. The van der Waals surface area contributed by atoms with Gasteiger partial charge >= 0.3 is 6.36 Å². The molecule has 0 bridgehead atoms. The highest BCUT2D eigenvalue weighted by atomic mass is 32.2. The summed E-state index contributed by atoms with van der Waals surface area (Å²) in [6, 6.07) is 8.09. The summed E-state index contributed by atoms with van der Waals surface area (Å²) in [6.07, 6.45) is -6.19. The summed E-state index contributed by atoms with van der Waals surface area (Å²) in [7, 11) is -4.28. The quantitative estimate of drug-likeness (QED) is 0.508. The molecule has 0 fully saturated rings. The highest BCUT2D eigenvalue weighted by Crippen LogP contribution is 2.31. The predicted octanol–water partition coefficient (Wildman–Crippen LogP) is 3.74. The Labute approximate surface area is 183 Å². The van der Waals surface area contributed by atoms with Gasteiger partial charge in [-0.2, -0.15) is 0 Å². The second-order valence-electron chi connectivity index (χ2n) is 6.95. The number of rotatable bonds is 9. The third kappa shape index (κ3) is 7.02. The van der Waals surface area contributed by atoms with Gasteiger partial charge in [0.1, 0.15) is 22.5 Å². The highest BCUT2D eigenvalue weighted by molar-refractivity contribution is 7.92. The zero-order chi connectivity index (χ0) is 24.1. The van der Waals surface area contributed by atoms with Gasteiger partial charge in [-0.1, -0.05) is 19.9 Å². The van der Waals surface area contributed by atoms with Crippen LogP contribution < -0.4 is 19.5 Å². The standard InChI is InChI=1S/C20H23F3N2O6S/c1-4-30-16-11-13(24-19(27)18(26)12(2)3)8-9-17(16)32(28,29)25-14-6-5-7-15(10-14)31-20(21,22)23/h5-12,18,25-26H,4H2,1-3H3,(H,24,27). The molecule has 0 saturated carbocycles. The van der Waals surface area contributed by atoms with E-state index in [9.17, 15) is 31.5 Å². The van der Waals surface area contributed by atoms with Crippen molar-refractivity contribution >= 4 is 27.3 Å². The largest absolute Gasteiger partial charge is 0.573 e. The summed E-state index contributed by atoms with van der Waals surface area (Å²) >= 11 is 0. The lowest BCUT2D eigenvalue weighted by Crippen LogP contribution is -2.31. The number of halogens is 3. The fraction of sp³-hybridized carbons (Fsp3) is 0.350. The lowest BCUT2D eigenvalue weighted by atomic mass is 10.1. The first-order valence-corrected chi connectivity index (χ1v) is 10.9. The van der Waals surface area contributed by atoms with Crippen molar-refractivity contribution in [2.45, 2.75) is 38.1 Å². The lowest BCUT2D eigenvalue weighted by Gasteiger charge is -2.17. The summed E-state index contributed by atoms with van der Waals surface area (Å²) < 4.78 is 74.3. The van der Waals surface area contributed by atoms with Gasteiger partial charge in [-0.15, -0.1) is 13.2 Å². The van der Waals surface area contributed by atoms with Gasteiger partial charge in [0.25, 0.3) is 15.9 Å². The van der Waals surface area contributed by atoms with Crippen LogP contribution >= 0.6 is 0 Å². The van der Waals surface area contributed by atoms with Crippen LogP contribution in [0.15, 0.2) is 47.4 Å². The van der Waals surface area contributed by atoms with Crippen LogP contribution in [-0.4, -0.2) is 38.5 Å². The number of aliphatic hydroxyl groups is 1. The molecule has 12 heteroatoms. The second kappa shape index (κ2) is 10.1. The van der Waals surface area contributed by atoms with Crippen molar-refractivity contribution in [3.63, 3.8) is 0 Å². The summed E-state index contributed by atoms with van der Waals surface area (Å²) in [5.74, 6) is -1.69. The van der Waals surface area contributed by atoms with Crippen molar-refractivity contribution in [1.82, 2.24) is 0 Å². The molecule has 1 amide bonds. The van der Waals surface area contributed by atoms with E-state index < -0.39 is 34.1 Å². The lowest BCUT2D eigenvalue weighted by molar-refractivity contribution is -0.274. The molecule has 2 aromatic carbocycles. The minimum Gasteiger partial charge on any atom is -0.492 e. The van der Waals surface area contributed by atoms with E-state index in [1.54, 1.807) is 20.8 Å². The van der Waals surface area contributed by atoms with Crippen molar-refractivity contribution in [1.29, 1.82) is 0 Å². The van der Waals surface area contributed by atoms with Crippen molar-refractivity contribution in [2.24, 2.45) is 5.92 Å². The van der Waals surface area contributed by atoms with Crippen LogP contribution in [0, 0.1) is 5.92 Å². The molecule has 32 heavy (non-hydrogen) atoms. The van der Waals surface area contributed by atoms with E-state index in [4.69, 9.17) is 4.74 Å². The number of benzene rings is 2. The maximum Gasteiger partial charge on any atom is 0.573 e. The molecular formula is C20H23F3N2O6S. The maximum absolute atomic E-state index is 12.8. The minimum atomic E-state index is -4.93. The first-order valence-electron chi connectivity index (χ1n) is 9.47. The average molecular weight is 476 g/mol. The van der Waals surface area contributed by atoms with Crippen LogP contribution in [0.25, 0.3) is 0 Å². The second-order valence-corrected chi connectivity index (χ2v) is 8.60. The molecule has 0 aliphatic heterocycles. The first kappa shape index (κ1) is 25.3. The van der Waals surface area contributed by atoms with E-state index in [2.05, 4.69) is 14.8 Å². The molecule has 176 valence electrons. The Morgan fingerprint density at radius 3 is 2.41 bits per heavy atom. The van der Waals surface area contributed by atoms with Crippen molar-refractivity contribution in [3.8, 4) is 11.5 Å². The van der Waals surface area contributed by atoms with Gasteiger partial charge in [0.2, 0.25) is 0 Å². The fourth-order valence-corrected chi connectivity index (χ4v) is 3.74. The van der Waals surface area contributed by atoms with Crippen molar-refractivity contribution in [3.05, 3.63) is 42.5 Å². The van der Waals surface area contributed by atoms with Crippen LogP contribution in [0.4, 0.5) is 24.5 Å². The molecule has 0 heterocycles. The molecule has 2 rings (SSSR count). The van der Waals surface area contributed by atoms with Gasteiger partial charge in [0, 0.05) is 17.8 Å². The molecule has 3 N–H and O–H groups in total. The normalized spacial score (nSPS) is 12.9. The van der Waals surface area contributed by atoms with Gasteiger partial charge in [-0.05, 0) is 37.1 Å². The number of carbonyl (C=O) groups excluding carboxylic acids is 1. The van der Waals surface area contributed by atoms with Crippen LogP contribution in [0.3, 0.4) is 0 Å². The number of nitrogens with one attached hydrogen (secondary N) is 2. The molecule has 8 nitrogen and oxygen atoms in total. The number of hydrogen-bond acceptors (Lipinski definition) is 6. The summed E-state index contributed by atoms with van der Waals surface area (Å²) in [5.41, 5.74) is 0.0318. The molecular weight excluding hydrogens is 453 g/mol. The number of sulfonamides is 1. The third-order valence-corrected chi connectivity index (χ3v) is 5.44. The molecule has 1 atom stereocenters. The topological polar surface area (TPSA) is 114 Å². The zero-order valence-electron chi connectivity index (χ0n) is 17.4. The maximum atomic E-state index is 12.8. The number of alkyl halides is 3. The minimum absolute atomic E-state index is 0.0977. The molecule has 0 spiro atoms. The van der Waals surface area contributed by atoms with E-state index in [-0.39, 0.29) is 34.5 Å². The van der Waals surface area contributed by atoms with E-state index in [1.807, 2.05) is 0 Å². The Hall–Kier alpha value is -2.99.